The monoisotopic (exact) mass is 372 g/mol. The van der Waals surface area contributed by atoms with E-state index in [1.165, 1.54) is 0 Å². The van der Waals surface area contributed by atoms with Crippen LogP contribution >= 0.6 is 0 Å². The zero-order valence-electron chi connectivity index (χ0n) is 16.1. The molecule has 1 saturated heterocycles. The van der Waals surface area contributed by atoms with E-state index in [-0.39, 0.29) is 17.9 Å². The van der Waals surface area contributed by atoms with Gasteiger partial charge in [-0.15, -0.1) is 0 Å². The van der Waals surface area contributed by atoms with Gasteiger partial charge in [-0.05, 0) is 43.7 Å². The molecule has 27 heavy (non-hydrogen) atoms. The number of likely N-dealkylation sites (tertiary alicyclic amines) is 1. The first-order valence-corrected chi connectivity index (χ1v) is 10.1. The molecule has 148 valence electrons. The van der Waals surface area contributed by atoms with Crippen molar-refractivity contribution >= 4 is 11.8 Å². The van der Waals surface area contributed by atoms with E-state index in [4.69, 9.17) is 5.73 Å². The molecule has 2 rings (SSSR count). The summed E-state index contributed by atoms with van der Waals surface area (Å²) in [6.07, 6.45) is 9.81. The number of benzene rings is 1. The third kappa shape index (κ3) is 7.85. The molecule has 1 heterocycles. The number of nitrogens with two attached hydrogens (primary N) is 1. The second-order valence-electron chi connectivity index (χ2n) is 7.36. The Bertz CT molecular complexity index is 628. The highest BCUT2D eigenvalue weighted by atomic mass is 16.3. The molecule has 1 fully saturated rings. The summed E-state index contributed by atoms with van der Waals surface area (Å²) in [6, 6.07) is 10.1. The lowest BCUT2D eigenvalue weighted by Crippen LogP contribution is -2.43. The number of rotatable bonds is 11. The topological polar surface area (TPSA) is 83.6 Å². The summed E-state index contributed by atoms with van der Waals surface area (Å²) in [5.41, 5.74) is 6.23. The van der Waals surface area contributed by atoms with Crippen LogP contribution in [0.1, 0.15) is 63.4 Å². The number of carbonyl (C=O) groups is 2. The molecule has 0 radical (unpaired) electrons. The smallest absolute Gasteiger partial charge is 0.222 e. The number of hydrogen-bond donors (Lipinski definition) is 2. The molecule has 0 unspecified atom stereocenters. The predicted octanol–water partition coefficient (Wildman–Crippen LogP) is 3.88. The Morgan fingerprint density at radius 3 is 2.67 bits per heavy atom. The van der Waals surface area contributed by atoms with Crippen molar-refractivity contribution in [3.63, 3.8) is 0 Å². The molecule has 1 aliphatic rings. The van der Waals surface area contributed by atoms with Crippen LogP contribution in [0.5, 0.6) is 0 Å². The average molecular weight is 373 g/mol. The molecule has 1 atom stereocenters. The highest BCUT2D eigenvalue weighted by Crippen LogP contribution is 2.23. The zero-order valence-corrected chi connectivity index (χ0v) is 16.1. The highest BCUT2D eigenvalue weighted by molar-refractivity contribution is 5.77. The minimum absolute atomic E-state index is 0.176. The molecule has 0 spiro atoms. The molecule has 0 aliphatic carbocycles. The molecule has 1 aromatic carbocycles. The zero-order chi connectivity index (χ0) is 19.5. The fraction of sp³-hybridized carbons (Fsp3) is 0.545. The fourth-order valence-corrected chi connectivity index (χ4v) is 3.63. The van der Waals surface area contributed by atoms with Gasteiger partial charge < -0.3 is 15.7 Å². The number of allylic oxidation sites excluding steroid dienone is 1. The SMILES string of the molecule is NC(=O)CCCCCCN1C(=O)CCC[C@@H]1C/C=C(\O)Cc1ccccc1. The second kappa shape index (κ2) is 11.4. The van der Waals surface area contributed by atoms with Crippen LogP contribution in [0.2, 0.25) is 0 Å². The molecular formula is C22H32N2O3. The van der Waals surface area contributed by atoms with Gasteiger partial charge in [0.25, 0.3) is 0 Å². The first-order chi connectivity index (χ1) is 13.1. The number of primary amides is 1. The van der Waals surface area contributed by atoms with E-state index in [0.717, 1.165) is 50.6 Å². The summed E-state index contributed by atoms with van der Waals surface area (Å²) in [5, 5.41) is 10.2. The van der Waals surface area contributed by atoms with E-state index in [9.17, 15) is 14.7 Å². The molecule has 1 aliphatic heterocycles. The molecular weight excluding hydrogens is 340 g/mol. The van der Waals surface area contributed by atoms with Crippen molar-refractivity contribution in [2.45, 2.75) is 70.3 Å². The number of aliphatic hydroxyl groups excluding tert-OH is 1. The Morgan fingerprint density at radius 2 is 1.93 bits per heavy atom. The van der Waals surface area contributed by atoms with Gasteiger partial charge in [-0.1, -0.05) is 43.2 Å². The average Bonchev–Trinajstić information content (AvgIpc) is 2.65. The molecule has 5 heteroatoms. The van der Waals surface area contributed by atoms with Crippen LogP contribution in [0.4, 0.5) is 0 Å². The first-order valence-electron chi connectivity index (χ1n) is 10.1. The largest absolute Gasteiger partial charge is 0.512 e. The lowest BCUT2D eigenvalue weighted by atomic mass is 9.97. The standard InChI is InChI=1S/C22H32N2O3/c23-21(26)12-6-1-2-7-16-24-19(11-8-13-22(24)27)14-15-20(25)17-18-9-4-3-5-10-18/h3-5,9-10,15,19,25H,1-2,6-8,11-14,16-17H2,(H2,23,26)/b20-15-/t19-/m1/s1. The fourth-order valence-electron chi connectivity index (χ4n) is 3.63. The Balaban J connectivity index is 1.79. The van der Waals surface area contributed by atoms with Gasteiger partial charge in [0, 0.05) is 31.8 Å². The minimum atomic E-state index is -0.247. The van der Waals surface area contributed by atoms with Gasteiger partial charge in [-0.2, -0.15) is 0 Å². The van der Waals surface area contributed by atoms with Gasteiger partial charge in [0.2, 0.25) is 11.8 Å². The van der Waals surface area contributed by atoms with E-state index >= 15 is 0 Å². The van der Waals surface area contributed by atoms with Gasteiger partial charge in [-0.25, -0.2) is 0 Å². The summed E-state index contributed by atoms with van der Waals surface area (Å²) in [5.74, 6) is 0.341. The van der Waals surface area contributed by atoms with Crippen molar-refractivity contribution in [3.05, 3.63) is 47.7 Å². The van der Waals surface area contributed by atoms with Crippen LogP contribution in [0, 0.1) is 0 Å². The molecule has 3 N–H and O–H groups in total. The van der Waals surface area contributed by atoms with Crippen molar-refractivity contribution in [1.29, 1.82) is 0 Å². The summed E-state index contributed by atoms with van der Waals surface area (Å²) >= 11 is 0. The van der Waals surface area contributed by atoms with Crippen molar-refractivity contribution in [2.75, 3.05) is 6.54 Å². The van der Waals surface area contributed by atoms with Gasteiger partial charge in [0.1, 0.15) is 0 Å². The van der Waals surface area contributed by atoms with Crippen LogP contribution in [0.15, 0.2) is 42.2 Å². The Labute approximate surface area is 162 Å². The van der Waals surface area contributed by atoms with E-state index in [2.05, 4.69) is 0 Å². The van der Waals surface area contributed by atoms with Crippen LogP contribution in [0.3, 0.4) is 0 Å². The van der Waals surface area contributed by atoms with Crippen molar-refractivity contribution in [1.82, 2.24) is 4.90 Å². The third-order valence-corrected chi connectivity index (χ3v) is 5.11. The van der Waals surface area contributed by atoms with E-state index in [1.807, 2.05) is 41.3 Å². The van der Waals surface area contributed by atoms with Gasteiger partial charge >= 0.3 is 0 Å². The van der Waals surface area contributed by atoms with Gasteiger partial charge in [0.15, 0.2) is 0 Å². The van der Waals surface area contributed by atoms with Crippen molar-refractivity contribution in [2.24, 2.45) is 5.73 Å². The number of piperidine rings is 1. The summed E-state index contributed by atoms with van der Waals surface area (Å²) < 4.78 is 0. The molecule has 5 nitrogen and oxygen atoms in total. The number of unbranched alkanes of at least 4 members (excludes halogenated alkanes) is 3. The second-order valence-corrected chi connectivity index (χ2v) is 7.36. The normalized spacial score (nSPS) is 17.9. The molecule has 0 bridgehead atoms. The summed E-state index contributed by atoms with van der Waals surface area (Å²) in [4.78, 5) is 25.1. The van der Waals surface area contributed by atoms with Crippen LogP contribution in [-0.4, -0.2) is 34.4 Å². The number of amides is 2. The Kier molecular flexibility index (Phi) is 8.89. The van der Waals surface area contributed by atoms with Crippen LogP contribution in [-0.2, 0) is 16.0 Å². The lowest BCUT2D eigenvalue weighted by molar-refractivity contribution is -0.136. The van der Waals surface area contributed by atoms with E-state index in [1.54, 1.807) is 0 Å². The predicted molar refractivity (Wildman–Crippen MR) is 107 cm³/mol. The molecule has 2 amide bonds. The summed E-state index contributed by atoms with van der Waals surface area (Å²) in [7, 11) is 0. The van der Waals surface area contributed by atoms with Crippen molar-refractivity contribution < 1.29 is 14.7 Å². The summed E-state index contributed by atoms with van der Waals surface area (Å²) in [6.45, 7) is 0.757. The van der Waals surface area contributed by atoms with Gasteiger partial charge in [0.05, 0.1) is 5.76 Å². The molecule has 0 saturated carbocycles. The quantitative estimate of drug-likeness (QED) is 0.457. The maximum atomic E-state index is 12.3. The number of hydrogen-bond acceptors (Lipinski definition) is 3. The molecule has 0 aromatic heterocycles. The van der Waals surface area contributed by atoms with Gasteiger partial charge in [-0.3, -0.25) is 9.59 Å². The number of nitrogens with zero attached hydrogens (tertiary/aromatic N) is 1. The highest BCUT2D eigenvalue weighted by Gasteiger charge is 2.26. The first kappa shape index (κ1) is 21.0. The van der Waals surface area contributed by atoms with E-state index in [0.29, 0.717) is 31.4 Å². The lowest BCUT2D eigenvalue weighted by Gasteiger charge is -2.35. The van der Waals surface area contributed by atoms with Crippen LogP contribution < -0.4 is 5.73 Å². The third-order valence-electron chi connectivity index (χ3n) is 5.11. The maximum absolute atomic E-state index is 12.3. The Hall–Kier alpha value is -2.30. The Morgan fingerprint density at radius 1 is 1.19 bits per heavy atom. The van der Waals surface area contributed by atoms with Crippen molar-refractivity contribution in [3.8, 4) is 0 Å². The number of carbonyl (C=O) groups excluding carboxylic acids is 2. The van der Waals surface area contributed by atoms with Crippen LogP contribution in [0.25, 0.3) is 0 Å². The molecule has 1 aromatic rings. The maximum Gasteiger partial charge on any atom is 0.222 e. The van der Waals surface area contributed by atoms with E-state index < -0.39 is 0 Å². The number of aliphatic hydroxyl groups is 1. The minimum Gasteiger partial charge on any atom is -0.512 e.